The molecule has 0 saturated carbocycles. The highest BCUT2D eigenvalue weighted by molar-refractivity contribution is 7.93. The number of hydrogen-bond acceptors (Lipinski definition) is 9. The second-order valence-electron chi connectivity index (χ2n) is 34.0. The van der Waals surface area contributed by atoms with Crippen molar-refractivity contribution in [3.05, 3.63) is 12.2 Å². The molecule has 0 fully saturated rings. The smallest absolute Gasteiger partial charge is 0.155 e. The van der Waals surface area contributed by atoms with Gasteiger partial charge in [-0.15, -0.1) is 0 Å². The van der Waals surface area contributed by atoms with E-state index in [-0.39, 0.29) is 44.6 Å². The van der Waals surface area contributed by atoms with Crippen LogP contribution in [0.3, 0.4) is 0 Å². The first-order valence-corrected chi connectivity index (χ1v) is 36.3. The van der Waals surface area contributed by atoms with Crippen LogP contribution in [0.2, 0.25) is 0 Å². The third-order valence-corrected chi connectivity index (χ3v) is 25.6. The average Bonchev–Trinajstić information content (AvgIpc) is 3.11. The van der Waals surface area contributed by atoms with Crippen molar-refractivity contribution in [2.45, 2.75) is 329 Å². The van der Waals surface area contributed by atoms with Crippen molar-refractivity contribution < 1.29 is 33.7 Å². The Hall–Kier alpha value is -0.500. The fraction of sp³-hybridized carbons (Fsp3) is 0.969. The van der Waals surface area contributed by atoms with Gasteiger partial charge in [-0.2, -0.15) is 0 Å². The van der Waals surface area contributed by atoms with E-state index in [1.807, 2.05) is 13.8 Å². The van der Waals surface area contributed by atoms with Gasteiger partial charge in [-0.1, -0.05) is 155 Å². The van der Waals surface area contributed by atoms with Gasteiger partial charge in [0.1, 0.15) is 0 Å². The molecule has 0 aromatic carbocycles. The Morgan fingerprint density at radius 1 is 0.364 bits per heavy atom. The van der Waals surface area contributed by atoms with Crippen LogP contribution in [0.4, 0.5) is 0 Å². The molecule has 13 heteroatoms. The SMILES string of the molecule is CC(C)(C)/C=C/CCCC(C)(C)CS(=O)(=O)C(C)(C)C.CC(C)(C)CCCCC(C)(C)CS(=O)(=O)C(C)(C)C.CC(C)(CCCNC(C)(C)C)CS(=O)(=O)C(C)(C)C.C[C@@H](CCCCCC(C)(C)C)CS(=O)(=O)C(C)(C)C. The monoisotopic (exact) mass is 1170 g/mol. The molecule has 0 radical (unpaired) electrons. The molecule has 0 amide bonds. The molecule has 9 nitrogen and oxygen atoms in total. The molecule has 0 aliphatic carbocycles. The molecule has 0 spiro atoms. The van der Waals surface area contributed by atoms with E-state index >= 15 is 0 Å². The Bertz CT molecular complexity index is 2030. The zero-order chi connectivity index (χ0) is 62.6. The van der Waals surface area contributed by atoms with Crippen LogP contribution in [0.1, 0.15) is 305 Å². The molecule has 0 unspecified atom stereocenters. The predicted octanol–water partition coefficient (Wildman–Crippen LogP) is 18.1. The zero-order valence-electron chi connectivity index (χ0n) is 57.1. The molecule has 77 heavy (non-hydrogen) atoms. The maximum Gasteiger partial charge on any atom is 0.155 e. The summed E-state index contributed by atoms with van der Waals surface area (Å²) in [7, 11) is -12.1. The molecule has 0 heterocycles. The highest BCUT2D eigenvalue weighted by atomic mass is 32.2. The van der Waals surface area contributed by atoms with Gasteiger partial charge in [-0.3, -0.25) is 0 Å². The topological polar surface area (TPSA) is 149 Å². The van der Waals surface area contributed by atoms with Crippen LogP contribution in [0.5, 0.6) is 0 Å². The van der Waals surface area contributed by atoms with E-state index in [9.17, 15) is 33.7 Å². The Morgan fingerprint density at radius 3 is 0.961 bits per heavy atom. The molecule has 0 aromatic heterocycles. The number of rotatable bonds is 25. The van der Waals surface area contributed by atoms with Crippen molar-refractivity contribution in [2.75, 3.05) is 29.6 Å². The van der Waals surface area contributed by atoms with E-state index in [2.05, 4.69) is 135 Å². The normalized spacial score (nSPS) is 15.0. The Labute approximate surface area is 484 Å². The summed E-state index contributed by atoms with van der Waals surface area (Å²) >= 11 is 0. The van der Waals surface area contributed by atoms with E-state index in [1.165, 1.54) is 32.1 Å². The standard InChI is InChI=1S/C17H34O2S.2C16H34O2S.C15H33NO2S/c1-15(2,3)12-10-9-11-13-17(7,8)14-20(18,19)16(4,5)6;1-14(2,3)11-9-10-12-16(7,8)13-19(17,18)15(4,5)6;1-14(13-19(17,18)16(5,6)7)11-9-8-10-12-15(2,3)4;1-13(2,3)16-11-9-10-15(7,8)12-19(17,18)14(4,5)6/h10,12H,9,11,13-14H2,1-8H3;9-13H2,1-8H3;14H,8-13H2,1-7H3;16H,9-12H2,1-8H3/b12-10+;;;/t;;14-;/m..0./s1. The van der Waals surface area contributed by atoms with Crippen molar-refractivity contribution in [1.82, 2.24) is 5.32 Å². The summed E-state index contributed by atoms with van der Waals surface area (Å²) in [5.74, 6) is 1.43. The van der Waals surface area contributed by atoms with E-state index in [1.54, 1.807) is 83.1 Å². The Kier molecular flexibility index (Phi) is 34.4. The summed E-state index contributed by atoms with van der Waals surface area (Å²) in [4.78, 5) is 0. The lowest BCUT2D eigenvalue weighted by atomic mass is 9.85. The Balaban J connectivity index is -0.000000461. The molecule has 0 saturated heterocycles. The second-order valence-corrected chi connectivity index (χ2v) is 45.0. The largest absolute Gasteiger partial charge is 0.312 e. The average molecular weight is 1180 g/mol. The number of allylic oxidation sites excluding steroid dienone is 2. The van der Waals surface area contributed by atoms with Crippen molar-refractivity contribution in [3.8, 4) is 0 Å². The fourth-order valence-corrected chi connectivity index (χ4v) is 14.1. The predicted molar refractivity (Wildman–Crippen MR) is 345 cm³/mol. The first kappa shape index (κ1) is 83.0. The van der Waals surface area contributed by atoms with Crippen LogP contribution >= 0.6 is 0 Å². The van der Waals surface area contributed by atoms with E-state index in [4.69, 9.17) is 0 Å². The van der Waals surface area contributed by atoms with E-state index < -0.39 is 58.3 Å². The molecular formula is C64H135NO8S4. The highest BCUT2D eigenvalue weighted by Crippen LogP contribution is 2.34. The fourth-order valence-electron chi connectivity index (χ4n) is 7.87. The summed E-state index contributed by atoms with van der Waals surface area (Å²) in [6.45, 7) is 63.3. The van der Waals surface area contributed by atoms with Gasteiger partial charge >= 0.3 is 0 Å². The number of sulfone groups is 4. The first-order valence-electron chi connectivity index (χ1n) is 29.7. The summed E-state index contributed by atoms with van der Waals surface area (Å²) in [5.41, 5.74) is 0.715. The van der Waals surface area contributed by atoms with Crippen LogP contribution in [0, 0.1) is 38.4 Å². The van der Waals surface area contributed by atoms with E-state index in [0.29, 0.717) is 22.3 Å². The van der Waals surface area contributed by atoms with Gasteiger partial charge < -0.3 is 5.32 Å². The second kappa shape index (κ2) is 32.0. The van der Waals surface area contributed by atoms with Crippen LogP contribution < -0.4 is 5.32 Å². The van der Waals surface area contributed by atoms with Crippen LogP contribution in [0.15, 0.2) is 12.2 Å². The maximum atomic E-state index is 12.3. The van der Waals surface area contributed by atoms with E-state index in [0.717, 1.165) is 64.3 Å². The minimum Gasteiger partial charge on any atom is -0.312 e. The van der Waals surface area contributed by atoms with Gasteiger partial charge in [0.15, 0.2) is 39.3 Å². The maximum absolute atomic E-state index is 12.3. The summed E-state index contributed by atoms with van der Waals surface area (Å²) in [6, 6.07) is 0. The quantitative estimate of drug-likeness (QED) is 0.0696. The molecule has 0 aliphatic heterocycles. The summed E-state index contributed by atoms with van der Waals surface area (Å²) in [5, 5.41) is 3.44. The number of unbranched alkanes of at least 4 members (excludes halogenated alkanes) is 4. The molecule has 0 rings (SSSR count). The molecular weight excluding hydrogens is 1040 g/mol. The lowest BCUT2D eigenvalue weighted by molar-refractivity contribution is 0.318. The van der Waals surface area contributed by atoms with Gasteiger partial charge in [-0.25, -0.2) is 33.7 Å². The molecule has 468 valence electrons. The molecule has 0 aromatic rings. The zero-order valence-corrected chi connectivity index (χ0v) is 60.3. The number of hydrogen-bond donors (Lipinski definition) is 1. The highest BCUT2D eigenvalue weighted by Gasteiger charge is 2.37. The Morgan fingerprint density at radius 2 is 0.662 bits per heavy atom. The van der Waals surface area contributed by atoms with Crippen molar-refractivity contribution in [3.63, 3.8) is 0 Å². The van der Waals surface area contributed by atoms with Gasteiger partial charge in [0.2, 0.25) is 0 Å². The van der Waals surface area contributed by atoms with Crippen LogP contribution in [0.25, 0.3) is 0 Å². The summed E-state index contributed by atoms with van der Waals surface area (Å²) < 4.78 is 95.1. The van der Waals surface area contributed by atoms with Crippen molar-refractivity contribution in [2.24, 2.45) is 38.4 Å². The third kappa shape index (κ3) is 44.7. The van der Waals surface area contributed by atoms with Crippen LogP contribution in [-0.4, -0.2) is 87.8 Å². The number of nitrogens with one attached hydrogen (secondary N) is 1. The van der Waals surface area contributed by atoms with Crippen molar-refractivity contribution in [1.29, 1.82) is 0 Å². The first-order chi connectivity index (χ1) is 33.3. The molecule has 0 aliphatic rings. The molecule has 1 atom stereocenters. The summed E-state index contributed by atoms with van der Waals surface area (Å²) in [6.07, 6.45) is 19.8. The lowest BCUT2D eigenvalue weighted by Gasteiger charge is -2.30. The van der Waals surface area contributed by atoms with Gasteiger partial charge in [-0.05, 0) is 207 Å². The van der Waals surface area contributed by atoms with Crippen molar-refractivity contribution >= 4 is 39.3 Å². The minimum absolute atomic E-state index is 0.121. The van der Waals surface area contributed by atoms with Gasteiger partial charge in [0.05, 0.1) is 42.0 Å². The molecule has 1 N–H and O–H groups in total. The molecule has 0 bridgehead atoms. The van der Waals surface area contributed by atoms with Gasteiger partial charge in [0, 0.05) is 5.54 Å². The van der Waals surface area contributed by atoms with Crippen LogP contribution in [-0.2, 0) is 39.3 Å². The lowest BCUT2D eigenvalue weighted by Crippen LogP contribution is -2.38. The van der Waals surface area contributed by atoms with Gasteiger partial charge in [0.25, 0.3) is 0 Å². The minimum atomic E-state index is -3.04. The third-order valence-electron chi connectivity index (χ3n) is 13.7.